The van der Waals surface area contributed by atoms with Crippen molar-refractivity contribution in [3.05, 3.63) is 88.4 Å². The number of hydrogen-bond acceptors (Lipinski definition) is 9. The minimum absolute atomic E-state index is 0.0463. The van der Waals surface area contributed by atoms with Crippen LogP contribution in [0.1, 0.15) is 38.2 Å². The van der Waals surface area contributed by atoms with Gasteiger partial charge in [0.1, 0.15) is 17.5 Å². The van der Waals surface area contributed by atoms with Gasteiger partial charge in [0.25, 0.3) is 0 Å². The van der Waals surface area contributed by atoms with E-state index in [1.165, 1.54) is 24.3 Å². The zero-order chi connectivity index (χ0) is 28.6. The molecule has 2 aromatic carbocycles. The molecular weight excluding hydrogens is 554 g/mol. The van der Waals surface area contributed by atoms with Gasteiger partial charge in [-0.15, -0.1) is 10.2 Å². The molecule has 0 fully saturated rings. The fraction of sp³-hybridized carbons (Fsp3) is 0.250. The summed E-state index contributed by atoms with van der Waals surface area (Å²) in [6.07, 6.45) is 0.670. The van der Waals surface area contributed by atoms with Gasteiger partial charge in [-0.3, -0.25) is 14.5 Å². The molecule has 1 atom stereocenters. The molecule has 2 heterocycles. The molecule has 8 nitrogen and oxygen atoms in total. The Kier molecular flexibility index (Phi) is 7.44. The lowest BCUT2D eigenvalue weighted by Gasteiger charge is -2.42. The van der Waals surface area contributed by atoms with Crippen LogP contribution in [-0.2, 0) is 9.59 Å². The van der Waals surface area contributed by atoms with Crippen LogP contribution in [0.15, 0.2) is 75.5 Å². The summed E-state index contributed by atoms with van der Waals surface area (Å²) in [4.78, 5) is 27.5. The van der Waals surface area contributed by atoms with Crippen molar-refractivity contribution in [3.63, 3.8) is 0 Å². The zero-order valence-electron chi connectivity index (χ0n) is 21.6. The van der Waals surface area contributed by atoms with Crippen molar-refractivity contribution in [1.82, 2.24) is 10.2 Å². The molecule has 0 radical (unpaired) electrons. The van der Waals surface area contributed by atoms with Crippen LogP contribution in [0.2, 0.25) is 0 Å². The highest BCUT2D eigenvalue weighted by atomic mass is 32.2. The van der Waals surface area contributed by atoms with E-state index in [1.807, 2.05) is 13.8 Å². The second-order valence-electron chi connectivity index (χ2n) is 10.2. The van der Waals surface area contributed by atoms with E-state index in [1.54, 1.807) is 29.2 Å². The number of nitrogens with zero attached hydrogens (tertiary/aromatic N) is 4. The molecule has 3 aromatic rings. The van der Waals surface area contributed by atoms with Crippen LogP contribution in [-0.4, -0.2) is 27.6 Å². The number of Topliss-reactive ketones (excluding diaryl/α,β-unsaturated/α-hetero) is 1. The van der Waals surface area contributed by atoms with Gasteiger partial charge < -0.3 is 11.1 Å². The number of nitrogens with two attached hydrogens (primary N) is 1. The number of para-hydroxylation sites is 1. The molecule has 1 unspecified atom stereocenters. The number of amides is 1. The number of benzene rings is 2. The normalized spacial score (nSPS) is 18.4. The standard InChI is InChI=1S/C28H24F2N6O2S2/c1-28(2)11-20-24(21(37)12-28)23(15-7-3-4-8-17(15)29)16(13-31)25(32)36(20)26-34-35-27(40-26)39-14-22(38)33-19-10-6-5-9-18(19)30/h3-10,23H,11-12,14,32H2,1-2H3,(H,33,38). The number of anilines is 2. The monoisotopic (exact) mass is 578 g/mol. The number of carbonyl (C=O) groups is 2. The van der Waals surface area contributed by atoms with E-state index < -0.39 is 28.9 Å². The average molecular weight is 579 g/mol. The molecule has 5 rings (SSSR count). The van der Waals surface area contributed by atoms with Gasteiger partial charge in [0.2, 0.25) is 11.0 Å². The fourth-order valence-corrected chi connectivity index (χ4v) is 6.66. The number of hydrogen-bond donors (Lipinski definition) is 2. The van der Waals surface area contributed by atoms with Crippen molar-refractivity contribution in [2.45, 2.75) is 36.9 Å². The number of nitrogens with one attached hydrogen (secondary N) is 1. The van der Waals surface area contributed by atoms with Crippen LogP contribution in [0.25, 0.3) is 0 Å². The van der Waals surface area contributed by atoms with Crippen molar-refractivity contribution >= 4 is 45.6 Å². The van der Waals surface area contributed by atoms with E-state index in [0.29, 0.717) is 27.2 Å². The van der Waals surface area contributed by atoms with E-state index in [9.17, 15) is 23.6 Å². The van der Waals surface area contributed by atoms with E-state index >= 15 is 0 Å². The topological polar surface area (TPSA) is 125 Å². The van der Waals surface area contributed by atoms with E-state index in [4.69, 9.17) is 5.73 Å². The first kappa shape index (κ1) is 27.5. The molecule has 12 heteroatoms. The van der Waals surface area contributed by atoms with Crippen molar-refractivity contribution < 1.29 is 18.4 Å². The Balaban J connectivity index is 1.48. The molecule has 1 aromatic heterocycles. The minimum atomic E-state index is -0.940. The van der Waals surface area contributed by atoms with Gasteiger partial charge in [-0.25, -0.2) is 8.78 Å². The number of thioether (sulfide) groups is 1. The Morgan fingerprint density at radius 1 is 1.18 bits per heavy atom. The second kappa shape index (κ2) is 10.8. The summed E-state index contributed by atoms with van der Waals surface area (Å²) in [5.41, 5.74) is 7.36. The maximum Gasteiger partial charge on any atom is 0.234 e. The Labute approximate surface area is 237 Å². The van der Waals surface area contributed by atoms with Crippen molar-refractivity contribution in [2.24, 2.45) is 11.1 Å². The molecular formula is C28H24F2N6O2S2. The van der Waals surface area contributed by atoms with Crippen LogP contribution < -0.4 is 16.0 Å². The maximum absolute atomic E-state index is 15.0. The minimum Gasteiger partial charge on any atom is -0.384 e. The average Bonchev–Trinajstić information content (AvgIpc) is 3.36. The third kappa shape index (κ3) is 5.22. The molecule has 0 bridgehead atoms. The fourth-order valence-electron chi connectivity index (χ4n) is 4.97. The Bertz CT molecular complexity index is 1620. The molecule has 204 valence electrons. The number of ketones is 1. The summed E-state index contributed by atoms with van der Waals surface area (Å²) in [5, 5.41) is 21.4. The SMILES string of the molecule is CC1(C)CC(=O)C2=C(C1)N(c1nnc(SCC(=O)Nc3ccccc3F)s1)C(N)=C(C#N)C2c1ccccc1F. The third-order valence-electron chi connectivity index (χ3n) is 6.66. The molecule has 40 heavy (non-hydrogen) atoms. The van der Waals surface area contributed by atoms with Gasteiger partial charge in [0, 0.05) is 23.3 Å². The van der Waals surface area contributed by atoms with Gasteiger partial charge in [-0.05, 0) is 30.0 Å². The first-order valence-corrected chi connectivity index (χ1v) is 14.1. The van der Waals surface area contributed by atoms with Crippen molar-refractivity contribution in [2.75, 3.05) is 16.0 Å². The summed E-state index contributed by atoms with van der Waals surface area (Å²) in [5.74, 6) is -2.62. The number of halogens is 2. The molecule has 1 aliphatic carbocycles. The Morgan fingerprint density at radius 3 is 2.58 bits per heavy atom. The lowest BCUT2D eigenvalue weighted by molar-refractivity contribution is -0.118. The third-order valence-corrected chi connectivity index (χ3v) is 8.70. The summed E-state index contributed by atoms with van der Waals surface area (Å²) in [6.45, 7) is 3.92. The zero-order valence-corrected chi connectivity index (χ0v) is 23.2. The molecule has 0 spiro atoms. The largest absolute Gasteiger partial charge is 0.384 e. The molecule has 0 saturated carbocycles. The summed E-state index contributed by atoms with van der Waals surface area (Å²) in [6, 6.07) is 14.0. The highest BCUT2D eigenvalue weighted by Gasteiger charge is 2.46. The van der Waals surface area contributed by atoms with Crippen LogP contribution in [0.3, 0.4) is 0 Å². The highest BCUT2D eigenvalue weighted by Crippen LogP contribution is 2.51. The quantitative estimate of drug-likeness (QED) is 0.368. The van der Waals surface area contributed by atoms with Crippen molar-refractivity contribution in [1.29, 1.82) is 5.26 Å². The van der Waals surface area contributed by atoms with E-state index in [2.05, 4.69) is 21.6 Å². The van der Waals surface area contributed by atoms with Crippen molar-refractivity contribution in [3.8, 4) is 6.07 Å². The van der Waals surface area contributed by atoms with Gasteiger partial charge in [0.15, 0.2) is 10.1 Å². The van der Waals surface area contributed by atoms with Crippen LogP contribution in [0.5, 0.6) is 0 Å². The maximum atomic E-state index is 15.0. The Morgan fingerprint density at radius 2 is 1.88 bits per heavy atom. The number of rotatable bonds is 6. The van der Waals surface area contributed by atoms with Gasteiger partial charge in [0.05, 0.1) is 29.0 Å². The number of aromatic nitrogens is 2. The molecule has 0 saturated heterocycles. The number of carbonyl (C=O) groups excluding carboxylic acids is 2. The first-order valence-electron chi connectivity index (χ1n) is 12.3. The summed E-state index contributed by atoms with van der Waals surface area (Å²) >= 11 is 2.24. The summed E-state index contributed by atoms with van der Waals surface area (Å²) < 4.78 is 29.3. The second-order valence-corrected chi connectivity index (χ2v) is 12.3. The predicted octanol–water partition coefficient (Wildman–Crippen LogP) is 5.49. The highest BCUT2D eigenvalue weighted by molar-refractivity contribution is 8.01. The molecule has 1 amide bonds. The molecule has 2 aliphatic rings. The smallest absolute Gasteiger partial charge is 0.234 e. The van der Waals surface area contributed by atoms with Gasteiger partial charge in [-0.2, -0.15) is 5.26 Å². The molecule has 1 aliphatic heterocycles. The van der Waals surface area contributed by atoms with E-state index in [-0.39, 0.29) is 40.6 Å². The predicted molar refractivity (Wildman–Crippen MR) is 149 cm³/mol. The molecule has 3 N–H and O–H groups in total. The van der Waals surface area contributed by atoms with Crippen LogP contribution in [0, 0.1) is 28.4 Å². The first-order chi connectivity index (χ1) is 19.1. The summed E-state index contributed by atoms with van der Waals surface area (Å²) in [7, 11) is 0. The Hall–Kier alpha value is -4.08. The lowest BCUT2D eigenvalue weighted by Crippen LogP contribution is -2.42. The lowest BCUT2D eigenvalue weighted by atomic mass is 9.68. The number of allylic oxidation sites excluding steroid dienone is 3. The van der Waals surface area contributed by atoms with E-state index in [0.717, 1.165) is 23.1 Å². The van der Waals surface area contributed by atoms with Gasteiger partial charge in [-0.1, -0.05) is 67.3 Å². The number of nitriles is 1. The van der Waals surface area contributed by atoms with Gasteiger partial charge >= 0.3 is 0 Å². The van der Waals surface area contributed by atoms with Crippen LogP contribution in [0.4, 0.5) is 19.6 Å². The van der Waals surface area contributed by atoms with Crippen LogP contribution >= 0.6 is 23.1 Å².